The van der Waals surface area contributed by atoms with Crippen molar-refractivity contribution in [2.24, 2.45) is 0 Å². The zero-order valence-corrected chi connectivity index (χ0v) is 8.49. The van der Waals surface area contributed by atoms with Crippen molar-refractivity contribution in [1.29, 1.82) is 0 Å². The molecule has 0 aromatic rings. The molecule has 0 bridgehead atoms. The average molecular weight is 212 g/mol. The van der Waals surface area contributed by atoms with Gasteiger partial charge < -0.3 is 4.55 Å². The van der Waals surface area contributed by atoms with Crippen LogP contribution in [0.1, 0.15) is 26.2 Å². The molecule has 0 amide bonds. The Hall–Kier alpha value is 0.1000. The summed E-state index contributed by atoms with van der Waals surface area (Å²) in [4.78, 5) is 0. The van der Waals surface area contributed by atoms with Crippen molar-refractivity contribution in [2.75, 3.05) is 6.61 Å². The van der Waals surface area contributed by atoms with Crippen LogP contribution in [0.3, 0.4) is 0 Å². The minimum absolute atomic E-state index is 0.0542. The largest absolute Gasteiger partial charge is 0.750 e. The highest BCUT2D eigenvalue weighted by atomic mass is 35.5. The highest BCUT2D eigenvalue weighted by Crippen LogP contribution is 2.06. The fraction of sp³-hybridized carbons (Fsp3) is 0.714. The molecular formula is C7H12ClO3S-. The summed E-state index contributed by atoms with van der Waals surface area (Å²) in [6.07, 6.45) is 4.79. The summed E-state index contributed by atoms with van der Waals surface area (Å²) >= 11 is 3.15. The second-order valence-corrected chi connectivity index (χ2v) is 3.39. The van der Waals surface area contributed by atoms with Crippen LogP contribution in [0.5, 0.6) is 0 Å². The van der Waals surface area contributed by atoms with Gasteiger partial charge in [0.05, 0.1) is 18.0 Å². The van der Waals surface area contributed by atoms with Gasteiger partial charge in [-0.1, -0.05) is 37.4 Å². The van der Waals surface area contributed by atoms with Gasteiger partial charge in [-0.05, 0) is 6.42 Å². The lowest BCUT2D eigenvalue weighted by molar-refractivity contribution is 0.331. The van der Waals surface area contributed by atoms with E-state index in [1.807, 2.05) is 0 Å². The van der Waals surface area contributed by atoms with E-state index in [4.69, 9.17) is 11.6 Å². The van der Waals surface area contributed by atoms with Crippen LogP contribution in [-0.4, -0.2) is 15.4 Å². The van der Waals surface area contributed by atoms with E-state index in [2.05, 4.69) is 11.1 Å². The summed E-state index contributed by atoms with van der Waals surface area (Å²) in [5, 5.41) is 0.438. The third kappa shape index (κ3) is 8.20. The summed E-state index contributed by atoms with van der Waals surface area (Å²) in [6, 6.07) is 0. The Morgan fingerprint density at radius 2 is 2.42 bits per heavy atom. The van der Waals surface area contributed by atoms with Gasteiger partial charge in [0.2, 0.25) is 0 Å². The Morgan fingerprint density at radius 1 is 1.75 bits per heavy atom. The predicted octanol–water partition coefficient (Wildman–Crippen LogP) is 2.11. The first kappa shape index (κ1) is 12.1. The van der Waals surface area contributed by atoms with Crippen LogP contribution in [0.4, 0.5) is 0 Å². The molecule has 12 heavy (non-hydrogen) atoms. The second kappa shape index (κ2) is 7.73. The molecule has 0 aromatic heterocycles. The highest BCUT2D eigenvalue weighted by Gasteiger charge is 1.92. The normalized spacial score (nSPS) is 14.8. The number of hydrogen-bond donors (Lipinski definition) is 0. The van der Waals surface area contributed by atoms with Gasteiger partial charge in [-0.2, -0.15) is 0 Å². The van der Waals surface area contributed by atoms with Crippen molar-refractivity contribution >= 4 is 23.0 Å². The smallest absolute Gasteiger partial charge is 0.0982 e. The van der Waals surface area contributed by atoms with Crippen LogP contribution >= 0.6 is 11.6 Å². The van der Waals surface area contributed by atoms with Crippen LogP contribution in [0.15, 0.2) is 11.1 Å². The second-order valence-electron chi connectivity index (χ2n) is 2.26. The lowest BCUT2D eigenvalue weighted by Gasteiger charge is -2.03. The first-order valence-electron chi connectivity index (χ1n) is 3.74. The summed E-state index contributed by atoms with van der Waals surface area (Å²) in [5.74, 6) is 0. The molecule has 0 aliphatic rings. The topological polar surface area (TPSA) is 49.4 Å². The fourth-order valence-electron chi connectivity index (χ4n) is 0.626. The summed E-state index contributed by atoms with van der Waals surface area (Å²) in [5.41, 5.74) is 0. The molecule has 0 aliphatic heterocycles. The molecule has 0 rings (SSSR count). The Balaban J connectivity index is 3.48. The van der Waals surface area contributed by atoms with Gasteiger partial charge in [0.15, 0.2) is 0 Å². The molecule has 0 fully saturated rings. The van der Waals surface area contributed by atoms with Crippen molar-refractivity contribution < 1.29 is 12.9 Å². The predicted molar refractivity (Wildman–Crippen MR) is 48.3 cm³/mol. The SMILES string of the molecule is CCCCC=C(Cl)COS(=O)[O-]. The Kier molecular flexibility index (Phi) is 7.80. The van der Waals surface area contributed by atoms with Crippen LogP contribution in [0.2, 0.25) is 0 Å². The Bertz CT molecular complexity index is 170. The van der Waals surface area contributed by atoms with E-state index in [1.54, 1.807) is 6.08 Å². The first-order valence-corrected chi connectivity index (χ1v) is 5.11. The maximum absolute atomic E-state index is 9.93. The molecule has 0 saturated heterocycles. The number of hydrogen-bond acceptors (Lipinski definition) is 3. The van der Waals surface area contributed by atoms with Crippen molar-refractivity contribution in [3.63, 3.8) is 0 Å². The Labute approximate surface area is 80.2 Å². The van der Waals surface area contributed by atoms with Gasteiger partial charge >= 0.3 is 0 Å². The fourth-order valence-corrected chi connectivity index (χ4v) is 1.08. The highest BCUT2D eigenvalue weighted by molar-refractivity contribution is 7.74. The summed E-state index contributed by atoms with van der Waals surface area (Å²) in [7, 11) is 0. The van der Waals surface area contributed by atoms with E-state index in [1.165, 1.54) is 0 Å². The number of unbranched alkanes of at least 4 members (excludes halogenated alkanes) is 2. The number of halogens is 1. The molecule has 5 heteroatoms. The van der Waals surface area contributed by atoms with E-state index >= 15 is 0 Å². The standard InChI is InChI=1S/C7H13ClO3S/c1-2-3-4-5-7(8)6-11-12(9)10/h5H,2-4,6H2,1H3,(H,9,10)/p-1. The van der Waals surface area contributed by atoms with E-state index < -0.39 is 11.4 Å². The lowest BCUT2D eigenvalue weighted by Crippen LogP contribution is -1.97. The van der Waals surface area contributed by atoms with Crippen LogP contribution < -0.4 is 0 Å². The first-order chi connectivity index (χ1) is 5.66. The summed E-state index contributed by atoms with van der Waals surface area (Å²) < 4.78 is 24.1. The van der Waals surface area contributed by atoms with Gasteiger partial charge in [-0.25, -0.2) is 4.21 Å². The van der Waals surface area contributed by atoms with Crippen LogP contribution in [0.25, 0.3) is 0 Å². The molecule has 0 heterocycles. The van der Waals surface area contributed by atoms with Gasteiger partial charge in [-0.15, -0.1) is 0 Å². The molecule has 0 radical (unpaired) electrons. The van der Waals surface area contributed by atoms with E-state index in [0.29, 0.717) is 5.03 Å². The van der Waals surface area contributed by atoms with E-state index in [-0.39, 0.29) is 6.61 Å². The third-order valence-corrected chi connectivity index (χ3v) is 1.79. The molecular weight excluding hydrogens is 200 g/mol. The molecule has 3 nitrogen and oxygen atoms in total. The van der Waals surface area contributed by atoms with E-state index in [9.17, 15) is 8.76 Å². The molecule has 72 valence electrons. The molecule has 1 unspecified atom stereocenters. The average Bonchev–Trinajstić information content (AvgIpc) is 2.01. The van der Waals surface area contributed by atoms with Crippen molar-refractivity contribution in [2.45, 2.75) is 26.2 Å². The summed E-state index contributed by atoms with van der Waals surface area (Å²) in [6.45, 7) is 2.02. The molecule has 0 aliphatic carbocycles. The monoisotopic (exact) mass is 211 g/mol. The maximum atomic E-state index is 9.93. The minimum atomic E-state index is -2.47. The van der Waals surface area contributed by atoms with E-state index in [0.717, 1.165) is 19.3 Å². The zero-order valence-electron chi connectivity index (χ0n) is 6.92. The van der Waals surface area contributed by atoms with Crippen LogP contribution in [-0.2, 0) is 15.5 Å². The third-order valence-electron chi connectivity index (χ3n) is 1.22. The lowest BCUT2D eigenvalue weighted by atomic mass is 10.2. The Morgan fingerprint density at radius 3 is 2.92 bits per heavy atom. The molecule has 0 saturated carbocycles. The zero-order chi connectivity index (χ0) is 9.40. The van der Waals surface area contributed by atoms with Gasteiger partial charge in [0.1, 0.15) is 0 Å². The number of rotatable bonds is 6. The van der Waals surface area contributed by atoms with Gasteiger partial charge in [-0.3, -0.25) is 4.18 Å². The van der Waals surface area contributed by atoms with Crippen molar-refractivity contribution in [1.82, 2.24) is 0 Å². The van der Waals surface area contributed by atoms with Gasteiger partial charge in [0.25, 0.3) is 0 Å². The van der Waals surface area contributed by atoms with Crippen molar-refractivity contribution in [3.8, 4) is 0 Å². The number of allylic oxidation sites excluding steroid dienone is 1. The molecule has 0 spiro atoms. The van der Waals surface area contributed by atoms with Crippen molar-refractivity contribution in [3.05, 3.63) is 11.1 Å². The quantitative estimate of drug-likeness (QED) is 0.500. The van der Waals surface area contributed by atoms with Gasteiger partial charge in [0, 0.05) is 5.03 Å². The molecule has 0 N–H and O–H groups in total. The van der Waals surface area contributed by atoms with Crippen LogP contribution in [0, 0.1) is 0 Å². The minimum Gasteiger partial charge on any atom is -0.750 e. The maximum Gasteiger partial charge on any atom is 0.0982 e. The molecule has 0 aromatic carbocycles. The molecule has 1 atom stereocenters.